The number of rotatable bonds is 4. The maximum Gasteiger partial charge on any atom is 0.132 e. The van der Waals surface area contributed by atoms with Gasteiger partial charge in [0, 0.05) is 42.8 Å². The van der Waals surface area contributed by atoms with E-state index < -0.39 is 0 Å². The van der Waals surface area contributed by atoms with Gasteiger partial charge in [-0.15, -0.1) is 24.8 Å². The molecule has 1 saturated heterocycles. The highest BCUT2D eigenvalue weighted by Gasteiger charge is 2.33. The van der Waals surface area contributed by atoms with Crippen LogP contribution >= 0.6 is 36.4 Å². The predicted molar refractivity (Wildman–Crippen MR) is 95.2 cm³/mol. The van der Waals surface area contributed by atoms with Crippen molar-refractivity contribution in [3.63, 3.8) is 0 Å². The fraction of sp³-hybridized carbons (Fsp3) is 0.625. The highest BCUT2D eigenvalue weighted by atomic mass is 35.5. The Hall–Kier alpha value is -0.0600. The smallest absolute Gasteiger partial charge is 0.132 e. The second-order valence-electron chi connectivity index (χ2n) is 6.07. The van der Waals surface area contributed by atoms with Crippen LogP contribution < -0.4 is 5.32 Å². The SMILES string of the molecule is Cc1ccc(Cl)c([C@@H](CC2CC2)N2CCNCC2)c1F.Cl.Cl. The van der Waals surface area contributed by atoms with Crippen molar-refractivity contribution in [1.82, 2.24) is 10.2 Å². The van der Waals surface area contributed by atoms with Crippen LogP contribution in [-0.2, 0) is 0 Å². The Morgan fingerprint density at radius 3 is 2.50 bits per heavy atom. The van der Waals surface area contributed by atoms with Crippen LogP contribution in [0.25, 0.3) is 0 Å². The molecule has 1 N–H and O–H groups in total. The first kappa shape index (κ1) is 20.0. The molecule has 2 aliphatic rings. The van der Waals surface area contributed by atoms with Crippen molar-refractivity contribution >= 4 is 36.4 Å². The molecule has 1 aromatic carbocycles. The molecule has 0 amide bonds. The van der Waals surface area contributed by atoms with Gasteiger partial charge in [0.15, 0.2) is 0 Å². The van der Waals surface area contributed by atoms with Crippen molar-refractivity contribution in [3.8, 4) is 0 Å². The van der Waals surface area contributed by atoms with E-state index >= 15 is 0 Å². The molecule has 1 aliphatic heterocycles. The lowest BCUT2D eigenvalue weighted by atomic mass is 9.96. The van der Waals surface area contributed by atoms with Crippen molar-refractivity contribution in [3.05, 3.63) is 34.1 Å². The van der Waals surface area contributed by atoms with E-state index in [2.05, 4.69) is 10.2 Å². The molecular weight excluding hydrogens is 346 g/mol. The second-order valence-corrected chi connectivity index (χ2v) is 6.48. The molecule has 1 saturated carbocycles. The lowest BCUT2D eigenvalue weighted by Gasteiger charge is -2.36. The summed E-state index contributed by atoms with van der Waals surface area (Å²) in [6, 6.07) is 3.75. The summed E-state index contributed by atoms with van der Waals surface area (Å²) in [6.45, 7) is 5.72. The summed E-state index contributed by atoms with van der Waals surface area (Å²) >= 11 is 6.34. The van der Waals surface area contributed by atoms with Crippen LogP contribution in [0.15, 0.2) is 12.1 Å². The van der Waals surface area contributed by atoms with Gasteiger partial charge in [0.25, 0.3) is 0 Å². The Kier molecular flexibility index (Phi) is 7.90. The summed E-state index contributed by atoms with van der Waals surface area (Å²) in [4.78, 5) is 2.40. The average molecular weight is 370 g/mol. The quantitative estimate of drug-likeness (QED) is 0.847. The average Bonchev–Trinajstić information content (AvgIpc) is 3.27. The van der Waals surface area contributed by atoms with E-state index in [0.29, 0.717) is 10.6 Å². The third-order valence-electron chi connectivity index (χ3n) is 4.50. The summed E-state index contributed by atoms with van der Waals surface area (Å²) in [5.74, 6) is 0.646. The Labute approximate surface area is 149 Å². The lowest BCUT2D eigenvalue weighted by Crippen LogP contribution is -2.45. The van der Waals surface area contributed by atoms with E-state index in [4.69, 9.17) is 11.6 Å². The first-order chi connectivity index (χ1) is 9.66. The van der Waals surface area contributed by atoms with Gasteiger partial charge < -0.3 is 5.32 Å². The van der Waals surface area contributed by atoms with Gasteiger partial charge in [-0.2, -0.15) is 0 Å². The fourth-order valence-electron chi connectivity index (χ4n) is 3.10. The fourth-order valence-corrected chi connectivity index (χ4v) is 3.37. The molecule has 2 nitrogen and oxygen atoms in total. The Morgan fingerprint density at radius 2 is 1.91 bits per heavy atom. The standard InChI is InChI=1S/C16H22ClFN2.2ClH/c1-11-2-5-13(17)15(16(11)18)14(10-12-3-4-12)20-8-6-19-7-9-20;;/h2,5,12,14,19H,3-4,6-10H2,1H3;2*1H/t14-;;/m1../s1. The topological polar surface area (TPSA) is 15.3 Å². The van der Waals surface area contributed by atoms with Crippen LogP contribution in [0.2, 0.25) is 5.02 Å². The Morgan fingerprint density at radius 1 is 1.27 bits per heavy atom. The van der Waals surface area contributed by atoms with Gasteiger partial charge >= 0.3 is 0 Å². The second kappa shape index (κ2) is 8.70. The molecule has 3 rings (SSSR count). The predicted octanol–water partition coefficient (Wildman–Crippen LogP) is 4.38. The summed E-state index contributed by atoms with van der Waals surface area (Å²) in [5, 5.41) is 3.94. The molecule has 1 aromatic rings. The van der Waals surface area contributed by atoms with Crippen LogP contribution in [-0.4, -0.2) is 31.1 Å². The zero-order valence-corrected chi connectivity index (χ0v) is 15.2. The molecule has 0 aromatic heterocycles. The van der Waals surface area contributed by atoms with E-state index in [9.17, 15) is 4.39 Å². The van der Waals surface area contributed by atoms with Crippen molar-refractivity contribution < 1.29 is 4.39 Å². The summed E-state index contributed by atoms with van der Waals surface area (Å²) < 4.78 is 14.6. The largest absolute Gasteiger partial charge is 0.314 e. The summed E-state index contributed by atoms with van der Waals surface area (Å²) in [6.07, 6.45) is 3.61. The Balaban J connectivity index is 0.00000121. The molecule has 6 heteroatoms. The number of hydrogen-bond donors (Lipinski definition) is 1. The Bertz CT molecular complexity index is 489. The highest BCUT2D eigenvalue weighted by molar-refractivity contribution is 6.31. The molecule has 1 aliphatic carbocycles. The van der Waals surface area contributed by atoms with Crippen molar-refractivity contribution in [2.75, 3.05) is 26.2 Å². The minimum Gasteiger partial charge on any atom is -0.314 e. The molecule has 1 heterocycles. The van der Waals surface area contributed by atoms with E-state index in [0.717, 1.165) is 44.1 Å². The molecule has 0 unspecified atom stereocenters. The zero-order valence-electron chi connectivity index (χ0n) is 12.8. The van der Waals surface area contributed by atoms with E-state index in [1.807, 2.05) is 13.0 Å². The van der Waals surface area contributed by atoms with Crippen molar-refractivity contribution in [2.45, 2.75) is 32.2 Å². The van der Waals surface area contributed by atoms with Gasteiger partial charge in [0.05, 0.1) is 0 Å². The molecule has 1 atom stereocenters. The van der Waals surface area contributed by atoms with E-state index in [1.165, 1.54) is 12.8 Å². The first-order valence-corrected chi connectivity index (χ1v) is 7.94. The van der Waals surface area contributed by atoms with Gasteiger partial charge in [0.2, 0.25) is 0 Å². The molecule has 0 bridgehead atoms. The minimum absolute atomic E-state index is 0. The van der Waals surface area contributed by atoms with Crippen molar-refractivity contribution in [2.24, 2.45) is 5.92 Å². The van der Waals surface area contributed by atoms with Crippen LogP contribution in [0.3, 0.4) is 0 Å². The van der Waals surface area contributed by atoms with Gasteiger partial charge in [-0.05, 0) is 30.9 Å². The minimum atomic E-state index is -0.110. The molecule has 0 spiro atoms. The van der Waals surface area contributed by atoms with Gasteiger partial charge in [-0.25, -0.2) is 4.39 Å². The monoisotopic (exact) mass is 368 g/mol. The first-order valence-electron chi connectivity index (χ1n) is 7.56. The van der Waals surface area contributed by atoms with Crippen LogP contribution in [0, 0.1) is 18.7 Å². The maximum atomic E-state index is 14.6. The number of aryl methyl sites for hydroxylation is 1. The highest BCUT2D eigenvalue weighted by Crippen LogP contribution is 2.42. The van der Waals surface area contributed by atoms with Gasteiger partial charge in [-0.1, -0.05) is 30.5 Å². The normalized spacial score (nSPS) is 20.0. The molecular formula is C16H24Cl3FN2. The number of nitrogens with one attached hydrogen (secondary N) is 1. The number of hydrogen-bond acceptors (Lipinski definition) is 2. The third-order valence-corrected chi connectivity index (χ3v) is 4.83. The number of halogens is 4. The van der Waals surface area contributed by atoms with E-state index in [1.54, 1.807) is 6.07 Å². The van der Waals surface area contributed by atoms with Crippen molar-refractivity contribution in [1.29, 1.82) is 0 Å². The molecule has 22 heavy (non-hydrogen) atoms. The van der Waals surface area contributed by atoms with Crippen LogP contribution in [0.5, 0.6) is 0 Å². The number of benzene rings is 1. The summed E-state index contributed by atoms with van der Waals surface area (Å²) in [5.41, 5.74) is 1.42. The summed E-state index contributed by atoms with van der Waals surface area (Å²) in [7, 11) is 0. The van der Waals surface area contributed by atoms with Crippen LogP contribution in [0.1, 0.15) is 36.4 Å². The molecule has 2 fully saturated rings. The van der Waals surface area contributed by atoms with Gasteiger partial charge in [0.1, 0.15) is 5.82 Å². The van der Waals surface area contributed by atoms with Crippen LogP contribution in [0.4, 0.5) is 4.39 Å². The number of piperazine rings is 1. The van der Waals surface area contributed by atoms with Gasteiger partial charge in [-0.3, -0.25) is 4.90 Å². The molecule has 0 radical (unpaired) electrons. The lowest BCUT2D eigenvalue weighted by molar-refractivity contribution is 0.157. The maximum absolute atomic E-state index is 14.6. The third kappa shape index (κ3) is 4.48. The number of nitrogens with zero attached hydrogens (tertiary/aromatic N) is 1. The molecule has 126 valence electrons. The zero-order chi connectivity index (χ0) is 14.1. The van der Waals surface area contributed by atoms with E-state index in [-0.39, 0.29) is 36.7 Å².